The van der Waals surface area contributed by atoms with Gasteiger partial charge < -0.3 is 0 Å². The lowest BCUT2D eigenvalue weighted by molar-refractivity contribution is 1.08. The van der Waals surface area contributed by atoms with E-state index in [0.717, 1.165) is 43.7 Å². The minimum absolute atomic E-state index is 0.659. The van der Waals surface area contributed by atoms with Gasteiger partial charge in [-0.2, -0.15) is 0 Å². The van der Waals surface area contributed by atoms with E-state index in [0.29, 0.717) is 17.5 Å². The van der Waals surface area contributed by atoms with Crippen molar-refractivity contribution in [1.29, 1.82) is 0 Å². The Bertz CT molecular complexity index is 2430. The number of nitrogens with zero attached hydrogens (tertiary/aromatic N) is 4. The molecule has 0 unspecified atom stereocenters. The normalized spacial score (nSPS) is 11.5. The molecule has 0 bridgehead atoms. The largest absolute Gasteiger partial charge is 0.236 e. The van der Waals surface area contributed by atoms with Crippen molar-refractivity contribution in [2.75, 3.05) is 0 Å². The lowest BCUT2D eigenvalue weighted by atomic mass is 9.96. The van der Waals surface area contributed by atoms with E-state index in [-0.39, 0.29) is 0 Å². The molecule has 0 aliphatic heterocycles. The Morgan fingerprint density at radius 3 is 1.50 bits per heavy atom. The predicted molar refractivity (Wildman–Crippen MR) is 193 cm³/mol. The van der Waals surface area contributed by atoms with Gasteiger partial charge in [0.05, 0.1) is 10.2 Å². The summed E-state index contributed by atoms with van der Waals surface area (Å²) in [6, 6.07) is 50.4. The molecule has 216 valence electrons. The molecule has 0 aliphatic carbocycles. The SMILES string of the molecule is c1ccc(-c2nc(-c3ccccc3)nc(-c3cccc4sc5cccc(-c6ccc(-c7nc8ccccc8s7)cc6)c5c34)n2)cc1. The Morgan fingerprint density at radius 1 is 0.326 bits per heavy atom. The van der Waals surface area contributed by atoms with Crippen molar-refractivity contribution in [2.45, 2.75) is 0 Å². The second kappa shape index (κ2) is 11.1. The van der Waals surface area contributed by atoms with Crippen molar-refractivity contribution in [1.82, 2.24) is 19.9 Å². The van der Waals surface area contributed by atoms with Crippen LogP contribution in [0.25, 0.3) is 86.3 Å². The maximum absolute atomic E-state index is 5.08. The fourth-order valence-corrected chi connectivity index (χ4v) is 8.14. The molecule has 0 atom stereocenters. The van der Waals surface area contributed by atoms with Crippen LogP contribution in [0.5, 0.6) is 0 Å². The van der Waals surface area contributed by atoms with E-state index in [1.54, 1.807) is 22.7 Å². The van der Waals surface area contributed by atoms with Crippen LogP contribution in [-0.2, 0) is 0 Å². The molecule has 46 heavy (non-hydrogen) atoms. The van der Waals surface area contributed by atoms with Crippen LogP contribution in [0.1, 0.15) is 0 Å². The summed E-state index contributed by atoms with van der Waals surface area (Å²) in [5.74, 6) is 1.98. The van der Waals surface area contributed by atoms with Gasteiger partial charge in [0.15, 0.2) is 17.5 Å². The number of fused-ring (bicyclic) bond motifs is 4. The number of benzene rings is 6. The molecule has 3 aromatic heterocycles. The topological polar surface area (TPSA) is 51.6 Å². The summed E-state index contributed by atoms with van der Waals surface area (Å²) in [7, 11) is 0. The summed E-state index contributed by atoms with van der Waals surface area (Å²) >= 11 is 3.53. The molecule has 6 aromatic carbocycles. The number of thiazole rings is 1. The highest BCUT2D eigenvalue weighted by Crippen LogP contribution is 2.44. The highest BCUT2D eigenvalue weighted by atomic mass is 32.1. The van der Waals surface area contributed by atoms with Gasteiger partial charge in [-0.3, -0.25) is 0 Å². The second-order valence-corrected chi connectivity index (χ2v) is 13.2. The van der Waals surface area contributed by atoms with Crippen molar-refractivity contribution in [3.63, 3.8) is 0 Å². The van der Waals surface area contributed by atoms with Gasteiger partial charge in [0.1, 0.15) is 5.01 Å². The first-order valence-corrected chi connectivity index (χ1v) is 16.7. The molecule has 0 aliphatic rings. The number of para-hydroxylation sites is 1. The van der Waals surface area contributed by atoms with E-state index in [1.165, 1.54) is 25.0 Å². The summed E-state index contributed by atoms with van der Waals surface area (Å²) in [4.78, 5) is 19.9. The Hall–Kier alpha value is -5.56. The molecule has 0 fully saturated rings. The van der Waals surface area contributed by atoms with Crippen LogP contribution in [0.3, 0.4) is 0 Å². The second-order valence-electron chi connectivity index (χ2n) is 11.1. The fourth-order valence-electron chi connectivity index (χ4n) is 6.01. The smallest absolute Gasteiger partial charge is 0.164 e. The summed E-state index contributed by atoms with van der Waals surface area (Å²) in [5, 5.41) is 3.42. The van der Waals surface area contributed by atoms with E-state index in [9.17, 15) is 0 Å². The molecule has 9 aromatic rings. The monoisotopic (exact) mass is 624 g/mol. The van der Waals surface area contributed by atoms with Crippen LogP contribution >= 0.6 is 22.7 Å². The standard InChI is InChI=1S/C40H24N4S2/c1-3-11-26(12-4-1)37-42-38(27-13-5-2-6-14-27)44-39(43-37)30-16-10-20-34-36(30)35-29(15-9-19-33(35)45-34)25-21-23-28(24-22-25)40-41-31-17-7-8-18-32(31)46-40/h1-24H. The minimum atomic E-state index is 0.659. The molecule has 6 heteroatoms. The van der Waals surface area contributed by atoms with Gasteiger partial charge in [0, 0.05) is 42.4 Å². The van der Waals surface area contributed by atoms with Crippen LogP contribution in [0.15, 0.2) is 146 Å². The minimum Gasteiger partial charge on any atom is -0.236 e. The molecule has 3 heterocycles. The summed E-state index contributed by atoms with van der Waals surface area (Å²) in [6.07, 6.45) is 0. The van der Waals surface area contributed by atoms with Crippen LogP contribution < -0.4 is 0 Å². The molecular formula is C40H24N4S2. The molecule has 0 amide bonds. The zero-order valence-corrected chi connectivity index (χ0v) is 26.1. The lowest BCUT2D eigenvalue weighted by Gasteiger charge is -2.11. The first-order chi connectivity index (χ1) is 22.8. The zero-order valence-electron chi connectivity index (χ0n) is 24.5. The van der Waals surface area contributed by atoms with Gasteiger partial charge in [-0.25, -0.2) is 19.9 Å². The van der Waals surface area contributed by atoms with Gasteiger partial charge in [0.25, 0.3) is 0 Å². The third kappa shape index (κ3) is 4.67. The maximum Gasteiger partial charge on any atom is 0.164 e. The van der Waals surface area contributed by atoms with E-state index in [1.807, 2.05) is 66.7 Å². The van der Waals surface area contributed by atoms with Crippen molar-refractivity contribution in [2.24, 2.45) is 0 Å². The average Bonchev–Trinajstić information content (AvgIpc) is 3.74. The van der Waals surface area contributed by atoms with E-state index in [2.05, 4.69) is 78.9 Å². The van der Waals surface area contributed by atoms with Crippen molar-refractivity contribution >= 4 is 53.1 Å². The molecule has 0 saturated heterocycles. The first-order valence-electron chi connectivity index (χ1n) is 15.1. The van der Waals surface area contributed by atoms with Gasteiger partial charge in [-0.05, 0) is 35.4 Å². The summed E-state index contributed by atoms with van der Waals surface area (Å²) < 4.78 is 3.64. The van der Waals surface area contributed by atoms with Crippen LogP contribution in [0.2, 0.25) is 0 Å². The van der Waals surface area contributed by atoms with E-state index in [4.69, 9.17) is 19.9 Å². The molecule has 0 N–H and O–H groups in total. The van der Waals surface area contributed by atoms with Crippen molar-refractivity contribution < 1.29 is 0 Å². The maximum atomic E-state index is 5.08. The summed E-state index contributed by atoms with van der Waals surface area (Å²) in [6.45, 7) is 0. The van der Waals surface area contributed by atoms with Crippen LogP contribution in [-0.4, -0.2) is 19.9 Å². The molecular weight excluding hydrogens is 601 g/mol. The van der Waals surface area contributed by atoms with Crippen LogP contribution in [0.4, 0.5) is 0 Å². The summed E-state index contributed by atoms with van der Waals surface area (Å²) in [5.41, 5.74) is 7.43. The lowest BCUT2D eigenvalue weighted by Crippen LogP contribution is -2.00. The zero-order chi connectivity index (χ0) is 30.5. The third-order valence-corrected chi connectivity index (χ3v) is 10.4. The average molecular weight is 625 g/mol. The Kier molecular flexibility index (Phi) is 6.47. The van der Waals surface area contributed by atoms with E-state index < -0.39 is 0 Å². The Labute approximate surface area is 273 Å². The predicted octanol–water partition coefficient (Wildman–Crippen LogP) is 11.2. The number of hydrogen-bond acceptors (Lipinski definition) is 6. The van der Waals surface area contributed by atoms with Crippen LogP contribution in [0, 0.1) is 0 Å². The number of thiophene rings is 1. The highest BCUT2D eigenvalue weighted by molar-refractivity contribution is 7.26. The third-order valence-electron chi connectivity index (χ3n) is 8.20. The van der Waals surface area contributed by atoms with Crippen molar-refractivity contribution in [3.05, 3.63) is 146 Å². The Morgan fingerprint density at radius 2 is 0.848 bits per heavy atom. The molecule has 0 saturated carbocycles. The number of aromatic nitrogens is 4. The van der Waals surface area contributed by atoms with E-state index >= 15 is 0 Å². The molecule has 0 radical (unpaired) electrons. The molecule has 0 spiro atoms. The van der Waals surface area contributed by atoms with Gasteiger partial charge in [-0.15, -0.1) is 22.7 Å². The molecule has 9 rings (SSSR count). The van der Waals surface area contributed by atoms with Gasteiger partial charge in [0.2, 0.25) is 0 Å². The van der Waals surface area contributed by atoms with Gasteiger partial charge in [-0.1, -0.05) is 121 Å². The van der Waals surface area contributed by atoms with Gasteiger partial charge >= 0.3 is 0 Å². The number of rotatable bonds is 5. The Balaban J connectivity index is 1.22. The number of hydrogen-bond donors (Lipinski definition) is 0. The first kappa shape index (κ1) is 26.8. The van der Waals surface area contributed by atoms with Crippen molar-refractivity contribution in [3.8, 4) is 55.9 Å². The highest BCUT2D eigenvalue weighted by Gasteiger charge is 2.19. The fraction of sp³-hybridized carbons (Fsp3) is 0. The molecule has 4 nitrogen and oxygen atoms in total. The quantitative estimate of drug-likeness (QED) is 0.191.